The Bertz CT molecular complexity index is 1040. The minimum absolute atomic E-state index is 0.0350. The first-order valence-corrected chi connectivity index (χ1v) is 10.7. The zero-order valence-corrected chi connectivity index (χ0v) is 18.0. The van der Waals surface area contributed by atoms with E-state index in [2.05, 4.69) is 11.4 Å². The first kappa shape index (κ1) is 22.2. The number of furan rings is 1. The van der Waals surface area contributed by atoms with E-state index in [-0.39, 0.29) is 30.5 Å². The monoisotopic (exact) mass is 438 g/mol. The van der Waals surface area contributed by atoms with Gasteiger partial charge in [-0.05, 0) is 31.5 Å². The molecule has 1 aromatic carbocycles. The van der Waals surface area contributed by atoms with Gasteiger partial charge in [-0.2, -0.15) is 5.26 Å². The number of nitrogens with zero attached hydrogens (tertiary/aromatic N) is 1. The molecule has 2 heterocycles. The zero-order valence-electron chi connectivity index (χ0n) is 17.2. The van der Waals surface area contributed by atoms with E-state index >= 15 is 0 Å². The zero-order chi connectivity index (χ0) is 22.2. The lowest BCUT2D eigenvalue weighted by Crippen LogP contribution is -2.29. The Hall–Kier alpha value is -3.44. The summed E-state index contributed by atoms with van der Waals surface area (Å²) in [6.45, 7) is 3.85. The van der Waals surface area contributed by atoms with Crippen molar-refractivity contribution in [1.82, 2.24) is 5.32 Å². The summed E-state index contributed by atoms with van der Waals surface area (Å²) in [7, 11) is 0. The number of rotatable bonds is 8. The molecule has 1 atom stereocenters. The van der Waals surface area contributed by atoms with E-state index in [1.54, 1.807) is 26.0 Å². The highest BCUT2D eigenvalue weighted by Gasteiger charge is 2.37. The molecule has 0 bridgehead atoms. The number of esters is 2. The Morgan fingerprint density at radius 1 is 1.19 bits per heavy atom. The van der Waals surface area contributed by atoms with E-state index in [1.807, 2.05) is 30.3 Å². The molecule has 8 heteroatoms. The number of nitrogens with one attached hydrogen (secondary N) is 1. The van der Waals surface area contributed by atoms with Gasteiger partial charge in [-0.15, -0.1) is 0 Å². The molecule has 0 radical (unpaired) electrons. The summed E-state index contributed by atoms with van der Waals surface area (Å²) in [6, 6.07) is 14.9. The van der Waals surface area contributed by atoms with Crippen LogP contribution in [0.3, 0.4) is 0 Å². The molecule has 0 spiro atoms. The first-order valence-electron chi connectivity index (χ1n) is 9.70. The molecule has 0 aliphatic carbocycles. The number of hydrogen-bond acceptors (Lipinski definition) is 8. The summed E-state index contributed by atoms with van der Waals surface area (Å²) in [5.74, 6) is -1.19. The lowest BCUT2D eigenvalue weighted by Gasteiger charge is -2.27. The standard InChI is InChI=1S/C23H22N2O5S/c1-3-28-19(26)14-31-22-17(12-24)21(18-10-7-11-29-18)20(15(2)25-22)23(27)30-13-16-8-5-4-6-9-16/h4-11,21,25H,3,13-14H2,1-2H3/t21-/m0/s1. The number of carbonyl (C=O) groups is 2. The smallest absolute Gasteiger partial charge is 0.337 e. The molecular weight excluding hydrogens is 416 g/mol. The topological polar surface area (TPSA) is 102 Å². The second-order valence-corrected chi connectivity index (χ2v) is 7.61. The van der Waals surface area contributed by atoms with Gasteiger partial charge in [0.1, 0.15) is 12.4 Å². The van der Waals surface area contributed by atoms with Crippen LogP contribution in [0.5, 0.6) is 0 Å². The van der Waals surface area contributed by atoms with Crippen LogP contribution in [0.25, 0.3) is 0 Å². The van der Waals surface area contributed by atoms with Crippen LogP contribution in [0, 0.1) is 11.3 Å². The largest absolute Gasteiger partial charge is 0.468 e. The van der Waals surface area contributed by atoms with E-state index in [1.165, 1.54) is 6.26 Å². The van der Waals surface area contributed by atoms with Crippen LogP contribution >= 0.6 is 11.8 Å². The van der Waals surface area contributed by atoms with Crippen molar-refractivity contribution in [3.05, 3.63) is 81.9 Å². The third kappa shape index (κ3) is 5.38. The number of thioether (sulfide) groups is 1. The predicted molar refractivity (Wildman–Crippen MR) is 115 cm³/mol. The maximum atomic E-state index is 13.0. The van der Waals surface area contributed by atoms with Crippen LogP contribution in [0.1, 0.15) is 31.1 Å². The van der Waals surface area contributed by atoms with Crippen molar-refractivity contribution < 1.29 is 23.5 Å². The third-order valence-electron chi connectivity index (χ3n) is 4.55. The van der Waals surface area contributed by atoms with Gasteiger partial charge in [-0.25, -0.2) is 4.79 Å². The van der Waals surface area contributed by atoms with Gasteiger partial charge in [-0.3, -0.25) is 4.79 Å². The molecule has 0 saturated heterocycles. The van der Waals surface area contributed by atoms with E-state index in [4.69, 9.17) is 13.9 Å². The SMILES string of the molecule is CCOC(=O)CSC1=C(C#N)[C@@H](c2ccco2)C(C(=O)OCc2ccccc2)=C(C)N1. The van der Waals surface area contributed by atoms with Crippen molar-refractivity contribution >= 4 is 23.7 Å². The third-order valence-corrected chi connectivity index (χ3v) is 5.54. The summed E-state index contributed by atoms with van der Waals surface area (Å²) in [6.07, 6.45) is 1.49. The predicted octanol–water partition coefficient (Wildman–Crippen LogP) is 4.02. The number of benzene rings is 1. The Labute approximate surface area is 184 Å². The molecule has 1 aliphatic rings. The maximum Gasteiger partial charge on any atom is 0.337 e. The van der Waals surface area contributed by atoms with Crippen molar-refractivity contribution in [3.63, 3.8) is 0 Å². The fourth-order valence-electron chi connectivity index (χ4n) is 3.17. The van der Waals surface area contributed by atoms with Crippen molar-refractivity contribution in [2.75, 3.05) is 12.4 Å². The highest BCUT2D eigenvalue weighted by molar-refractivity contribution is 8.03. The minimum atomic E-state index is -0.741. The number of ether oxygens (including phenoxy) is 2. The molecule has 3 rings (SSSR count). The molecular formula is C23H22N2O5S. The van der Waals surface area contributed by atoms with Gasteiger partial charge in [0.05, 0.1) is 46.8 Å². The fourth-order valence-corrected chi connectivity index (χ4v) is 4.06. The summed E-state index contributed by atoms with van der Waals surface area (Å²) < 4.78 is 16.0. The average Bonchev–Trinajstić information content (AvgIpc) is 3.31. The van der Waals surface area contributed by atoms with Crippen LogP contribution < -0.4 is 5.32 Å². The fraction of sp³-hybridized carbons (Fsp3) is 0.261. The van der Waals surface area contributed by atoms with Gasteiger partial charge in [0.15, 0.2) is 0 Å². The number of nitriles is 1. The van der Waals surface area contributed by atoms with Crippen molar-refractivity contribution in [1.29, 1.82) is 5.26 Å². The molecule has 1 N–H and O–H groups in total. The molecule has 0 saturated carbocycles. The lowest BCUT2D eigenvalue weighted by atomic mass is 9.86. The summed E-state index contributed by atoms with van der Waals surface area (Å²) >= 11 is 1.15. The first-order chi connectivity index (χ1) is 15.0. The molecule has 0 amide bonds. The molecule has 31 heavy (non-hydrogen) atoms. The molecule has 1 aromatic heterocycles. The van der Waals surface area contributed by atoms with Gasteiger partial charge in [0.2, 0.25) is 0 Å². The number of hydrogen-bond donors (Lipinski definition) is 1. The number of allylic oxidation sites excluding steroid dienone is 2. The Morgan fingerprint density at radius 2 is 1.97 bits per heavy atom. The summed E-state index contributed by atoms with van der Waals surface area (Å²) in [5.41, 5.74) is 1.96. The van der Waals surface area contributed by atoms with Gasteiger partial charge < -0.3 is 19.2 Å². The molecule has 2 aromatic rings. The van der Waals surface area contributed by atoms with Crippen molar-refractivity contribution in [3.8, 4) is 6.07 Å². The van der Waals surface area contributed by atoms with Crippen LogP contribution in [-0.2, 0) is 25.7 Å². The van der Waals surface area contributed by atoms with E-state index in [0.29, 0.717) is 22.1 Å². The van der Waals surface area contributed by atoms with Gasteiger partial charge in [-0.1, -0.05) is 42.1 Å². The van der Waals surface area contributed by atoms with E-state index < -0.39 is 11.9 Å². The minimum Gasteiger partial charge on any atom is -0.468 e. The number of dihydropyridines is 1. The maximum absolute atomic E-state index is 13.0. The van der Waals surface area contributed by atoms with Gasteiger partial charge in [0, 0.05) is 5.70 Å². The average molecular weight is 439 g/mol. The molecule has 160 valence electrons. The van der Waals surface area contributed by atoms with Gasteiger partial charge >= 0.3 is 11.9 Å². The van der Waals surface area contributed by atoms with Crippen molar-refractivity contribution in [2.45, 2.75) is 26.4 Å². The second kappa shape index (κ2) is 10.5. The van der Waals surface area contributed by atoms with Crippen LogP contribution in [0.4, 0.5) is 0 Å². The number of carbonyl (C=O) groups excluding carboxylic acids is 2. The highest BCUT2D eigenvalue weighted by Crippen LogP contribution is 2.41. The Balaban J connectivity index is 1.88. The second-order valence-electron chi connectivity index (χ2n) is 6.62. The highest BCUT2D eigenvalue weighted by atomic mass is 32.2. The van der Waals surface area contributed by atoms with Crippen LogP contribution in [0.2, 0.25) is 0 Å². The van der Waals surface area contributed by atoms with Crippen LogP contribution in [-0.4, -0.2) is 24.3 Å². The van der Waals surface area contributed by atoms with Gasteiger partial charge in [0.25, 0.3) is 0 Å². The van der Waals surface area contributed by atoms with E-state index in [0.717, 1.165) is 17.3 Å². The molecule has 0 unspecified atom stereocenters. The molecule has 0 fully saturated rings. The Morgan fingerprint density at radius 3 is 2.61 bits per heavy atom. The Kier molecular flexibility index (Phi) is 7.57. The van der Waals surface area contributed by atoms with E-state index in [9.17, 15) is 14.9 Å². The summed E-state index contributed by atoms with van der Waals surface area (Å²) in [4.78, 5) is 24.8. The summed E-state index contributed by atoms with van der Waals surface area (Å²) in [5, 5.41) is 13.5. The molecule has 7 nitrogen and oxygen atoms in total. The normalized spacial score (nSPS) is 15.8. The quantitative estimate of drug-likeness (QED) is 0.617. The lowest BCUT2D eigenvalue weighted by molar-refractivity contribution is -0.141. The van der Waals surface area contributed by atoms with Crippen molar-refractivity contribution in [2.24, 2.45) is 0 Å². The molecule has 1 aliphatic heterocycles. The van der Waals surface area contributed by atoms with Crippen LogP contribution in [0.15, 0.2) is 75.0 Å².